The van der Waals surface area contributed by atoms with Crippen LogP contribution in [0, 0.1) is 6.92 Å². The highest BCUT2D eigenvalue weighted by molar-refractivity contribution is 5.75. The van der Waals surface area contributed by atoms with Crippen molar-refractivity contribution in [3.63, 3.8) is 0 Å². The maximum Gasteiger partial charge on any atom is 0.293 e. The Kier molecular flexibility index (Phi) is 5.43. The van der Waals surface area contributed by atoms with Gasteiger partial charge in [0.05, 0.1) is 5.69 Å². The van der Waals surface area contributed by atoms with Gasteiger partial charge in [-0.15, -0.1) is 0 Å². The number of rotatable bonds is 6. The summed E-state index contributed by atoms with van der Waals surface area (Å²) in [5.41, 5.74) is 2.81. The van der Waals surface area contributed by atoms with Crippen molar-refractivity contribution in [1.82, 2.24) is 24.7 Å². The van der Waals surface area contributed by atoms with E-state index in [1.54, 1.807) is 13.0 Å². The fourth-order valence-corrected chi connectivity index (χ4v) is 3.39. The lowest BCUT2D eigenvalue weighted by Crippen LogP contribution is -2.36. The second-order valence-electron chi connectivity index (χ2n) is 7.32. The third kappa shape index (κ3) is 4.00. The van der Waals surface area contributed by atoms with Gasteiger partial charge in [-0.3, -0.25) is 9.59 Å². The van der Waals surface area contributed by atoms with E-state index in [0.29, 0.717) is 23.6 Å². The number of nitrogens with zero attached hydrogens (tertiary/aromatic N) is 4. The molecule has 0 fully saturated rings. The zero-order valence-corrected chi connectivity index (χ0v) is 16.9. The first-order chi connectivity index (χ1) is 14.5. The molecule has 0 aliphatic rings. The molecular formula is C23H23N5O2. The van der Waals surface area contributed by atoms with Gasteiger partial charge < -0.3 is 5.32 Å². The SMILES string of the molecule is Cc1nn(CC(=O)NC[C@@H](C)c2ccccc2)c(=O)c2cc(-c3ccccc3)nn12. The molecule has 0 saturated heterocycles. The van der Waals surface area contributed by atoms with Crippen LogP contribution in [0.3, 0.4) is 0 Å². The molecule has 0 unspecified atom stereocenters. The van der Waals surface area contributed by atoms with Crippen molar-refractivity contribution < 1.29 is 4.79 Å². The molecule has 4 rings (SSSR count). The zero-order chi connectivity index (χ0) is 21.1. The zero-order valence-electron chi connectivity index (χ0n) is 16.9. The van der Waals surface area contributed by atoms with Gasteiger partial charge >= 0.3 is 0 Å². The Labute approximate surface area is 174 Å². The van der Waals surface area contributed by atoms with Crippen LogP contribution in [-0.4, -0.2) is 31.8 Å². The summed E-state index contributed by atoms with van der Waals surface area (Å²) in [5, 5.41) is 11.7. The smallest absolute Gasteiger partial charge is 0.293 e. The predicted octanol–water partition coefficient (Wildman–Crippen LogP) is 2.79. The van der Waals surface area contributed by atoms with E-state index >= 15 is 0 Å². The number of carbonyl (C=O) groups excluding carboxylic acids is 1. The molecule has 2 aromatic carbocycles. The van der Waals surface area contributed by atoms with Crippen molar-refractivity contribution in [3.05, 3.63) is 88.5 Å². The van der Waals surface area contributed by atoms with Crippen molar-refractivity contribution >= 4 is 11.4 Å². The molecule has 30 heavy (non-hydrogen) atoms. The third-order valence-corrected chi connectivity index (χ3v) is 5.07. The Hall–Kier alpha value is -3.74. The molecule has 1 N–H and O–H groups in total. The number of hydrogen-bond acceptors (Lipinski definition) is 4. The summed E-state index contributed by atoms with van der Waals surface area (Å²) >= 11 is 0. The van der Waals surface area contributed by atoms with Crippen LogP contribution < -0.4 is 10.9 Å². The average molecular weight is 401 g/mol. The molecular weight excluding hydrogens is 378 g/mol. The standard InChI is InChI=1S/C23H23N5O2/c1-16(18-9-5-3-6-10-18)14-24-22(29)15-27-23(30)21-13-20(19-11-7-4-8-12-19)26-28(21)17(2)25-27/h3-13,16H,14-15H2,1-2H3,(H,24,29)/t16-/m1/s1. The molecule has 0 saturated carbocycles. The summed E-state index contributed by atoms with van der Waals surface area (Å²) in [6.07, 6.45) is 0. The molecule has 1 amide bonds. The van der Waals surface area contributed by atoms with Crippen molar-refractivity contribution in [2.24, 2.45) is 0 Å². The van der Waals surface area contributed by atoms with E-state index < -0.39 is 0 Å². The number of aryl methyl sites for hydroxylation is 1. The van der Waals surface area contributed by atoms with Crippen LogP contribution in [0.4, 0.5) is 0 Å². The largest absolute Gasteiger partial charge is 0.354 e. The summed E-state index contributed by atoms with van der Waals surface area (Å²) in [4.78, 5) is 25.3. The normalized spacial score (nSPS) is 12.1. The van der Waals surface area contributed by atoms with E-state index in [1.165, 1.54) is 9.20 Å². The Morgan fingerprint density at radius 3 is 2.40 bits per heavy atom. The molecule has 0 bridgehead atoms. The van der Waals surface area contributed by atoms with Crippen LogP contribution in [0.25, 0.3) is 16.8 Å². The number of amides is 1. The first kappa shape index (κ1) is 19.6. The highest BCUT2D eigenvalue weighted by Crippen LogP contribution is 2.18. The van der Waals surface area contributed by atoms with Gasteiger partial charge in [-0.2, -0.15) is 10.2 Å². The minimum Gasteiger partial charge on any atom is -0.354 e. The molecule has 2 aromatic heterocycles. The summed E-state index contributed by atoms with van der Waals surface area (Å²) in [5.74, 6) is 0.462. The maximum atomic E-state index is 12.9. The van der Waals surface area contributed by atoms with Gasteiger partial charge in [0.1, 0.15) is 17.9 Å². The second-order valence-corrected chi connectivity index (χ2v) is 7.32. The first-order valence-electron chi connectivity index (χ1n) is 9.87. The molecule has 152 valence electrons. The molecule has 0 aliphatic heterocycles. The van der Waals surface area contributed by atoms with Gasteiger partial charge in [0.15, 0.2) is 0 Å². The number of nitrogens with one attached hydrogen (secondary N) is 1. The van der Waals surface area contributed by atoms with E-state index in [4.69, 9.17) is 0 Å². The van der Waals surface area contributed by atoms with Gasteiger partial charge in [0, 0.05) is 12.1 Å². The first-order valence-corrected chi connectivity index (χ1v) is 9.87. The lowest BCUT2D eigenvalue weighted by molar-refractivity contribution is -0.121. The molecule has 1 atom stereocenters. The predicted molar refractivity (Wildman–Crippen MR) is 115 cm³/mol. The van der Waals surface area contributed by atoms with E-state index in [2.05, 4.69) is 15.5 Å². The Balaban J connectivity index is 1.52. The lowest BCUT2D eigenvalue weighted by atomic mass is 10.0. The average Bonchev–Trinajstić information content (AvgIpc) is 3.23. The summed E-state index contributed by atoms with van der Waals surface area (Å²) in [6.45, 7) is 4.17. The van der Waals surface area contributed by atoms with E-state index in [9.17, 15) is 9.59 Å². The fourth-order valence-electron chi connectivity index (χ4n) is 3.39. The number of carbonyl (C=O) groups is 1. The number of hydrogen-bond donors (Lipinski definition) is 1. The van der Waals surface area contributed by atoms with E-state index in [0.717, 1.165) is 11.1 Å². The Morgan fingerprint density at radius 1 is 1.03 bits per heavy atom. The highest BCUT2D eigenvalue weighted by Gasteiger charge is 2.15. The molecule has 7 nitrogen and oxygen atoms in total. The van der Waals surface area contributed by atoms with E-state index in [1.807, 2.05) is 67.6 Å². The Morgan fingerprint density at radius 2 is 1.70 bits per heavy atom. The number of benzene rings is 2. The third-order valence-electron chi connectivity index (χ3n) is 5.07. The molecule has 0 spiro atoms. The van der Waals surface area contributed by atoms with E-state index in [-0.39, 0.29) is 23.9 Å². The minimum atomic E-state index is -0.346. The van der Waals surface area contributed by atoms with Crippen LogP contribution in [0.2, 0.25) is 0 Å². The molecule has 7 heteroatoms. The lowest BCUT2D eigenvalue weighted by Gasteiger charge is -2.13. The van der Waals surface area contributed by atoms with Gasteiger partial charge in [0.25, 0.3) is 5.56 Å². The van der Waals surface area contributed by atoms with Crippen molar-refractivity contribution in [2.45, 2.75) is 26.3 Å². The highest BCUT2D eigenvalue weighted by atomic mass is 16.2. The monoisotopic (exact) mass is 401 g/mol. The van der Waals surface area contributed by atoms with Crippen LogP contribution in [-0.2, 0) is 11.3 Å². The van der Waals surface area contributed by atoms with Gasteiger partial charge in [-0.05, 0) is 24.5 Å². The van der Waals surface area contributed by atoms with Gasteiger partial charge in [-0.25, -0.2) is 9.20 Å². The number of fused-ring (bicyclic) bond motifs is 1. The molecule has 4 aromatic rings. The quantitative estimate of drug-likeness (QED) is 0.539. The molecule has 0 aliphatic carbocycles. The Bertz CT molecular complexity index is 1230. The maximum absolute atomic E-state index is 12.9. The summed E-state index contributed by atoms with van der Waals surface area (Å²) < 4.78 is 2.72. The number of aromatic nitrogens is 4. The summed E-state index contributed by atoms with van der Waals surface area (Å²) in [7, 11) is 0. The summed E-state index contributed by atoms with van der Waals surface area (Å²) in [6, 6.07) is 21.4. The van der Waals surface area contributed by atoms with Crippen LogP contribution in [0.1, 0.15) is 24.2 Å². The minimum absolute atomic E-state index is 0.135. The van der Waals surface area contributed by atoms with Crippen LogP contribution in [0.5, 0.6) is 0 Å². The van der Waals surface area contributed by atoms with Gasteiger partial charge in [0.2, 0.25) is 5.91 Å². The molecule has 0 radical (unpaired) electrons. The fraction of sp³-hybridized carbons (Fsp3) is 0.217. The van der Waals surface area contributed by atoms with Crippen molar-refractivity contribution in [3.8, 4) is 11.3 Å². The molecule has 2 heterocycles. The van der Waals surface area contributed by atoms with Crippen LogP contribution >= 0.6 is 0 Å². The van der Waals surface area contributed by atoms with Crippen LogP contribution in [0.15, 0.2) is 71.5 Å². The second kappa shape index (κ2) is 8.32. The van der Waals surface area contributed by atoms with Gasteiger partial charge in [-0.1, -0.05) is 67.6 Å². The van der Waals surface area contributed by atoms with Crippen molar-refractivity contribution in [1.29, 1.82) is 0 Å². The van der Waals surface area contributed by atoms with Crippen molar-refractivity contribution in [2.75, 3.05) is 6.54 Å². The topological polar surface area (TPSA) is 81.3 Å².